The summed E-state index contributed by atoms with van der Waals surface area (Å²) >= 11 is 0. The Kier molecular flexibility index (Phi) is 7.80. The number of allylic oxidation sites excluding steroid dienone is 1. The van der Waals surface area contributed by atoms with E-state index in [1.165, 1.54) is 31.5 Å². The summed E-state index contributed by atoms with van der Waals surface area (Å²) in [5, 5.41) is 11.7. The first kappa shape index (κ1) is 26.8. The van der Waals surface area contributed by atoms with Crippen LogP contribution in [0.4, 0.5) is 11.6 Å². The van der Waals surface area contributed by atoms with Crippen molar-refractivity contribution >= 4 is 42.9 Å². The zero-order chi connectivity index (χ0) is 26.7. The smallest absolute Gasteiger partial charge is 0.328 e. The van der Waals surface area contributed by atoms with Crippen LogP contribution in [0.3, 0.4) is 0 Å². The van der Waals surface area contributed by atoms with Gasteiger partial charge in [0.1, 0.15) is 5.75 Å². The van der Waals surface area contributed by atoms with Gasteiger partial charge in [0, 0.05) is 42.1 Å². The lowest BCUT2D eigenvalue weighted by Crippen LogP contribution is -2.08. The lowest BCUT2D eigenvalue weighted by molar-refractivity contribution is -0.131. The molecule has 0 aliphatic carbocycles. The fourth-order valence-electron chi connectivity index (χ4n) is 3.44. The molecular formula is C24H25N3O7S2. The second-order valence-electron chi connectivity index (χ2n) is 7.92. The molecule has 3 rings (SSSR count). The number of anilines is 2. The molecule has 0 aliphatic heterocycles. The van der Waals surface area contributed by atoms with Gasteiger partial charge in [-0.1, -0.05) is 25.1 Å². The molecule has 12 heteroatoms. The molecule has 0 atom stereocenters. The predicted molar refractivity (Wildman–Crippen MR) is 136 cm³/mol. The van der Waals surface area contributed by atoms with E-state index >= 15 is 0 Å². The average molecular weight is 532 g/mol. The summed E-state index contributed by atoms with van der Waals surface area (Å²) in [7, 11) is -5.97. The topological polar surface area (TPSA) is 153 Å². The number of benzene rings is 2. The molecule has 0 saturated heterocycles. The fraction of sp³-hybridized carbons (Fsp3) is 0.208. The predicted octanol–water partition coefficient (Wildman–Crippen LogP) is 3.58. The summed E-state index contributed by atoms with van der Waals surface area (Å²) in [5.41, 5.74) is 2.21. The van der Waals surface area contributed by atoms with E-state index in [4.69, 9.17) is 9.84 Å². The Labute approximate surface area is 209 Å². The quantitative estimate of drug-likeness (QED) is 0.309. The molecule has 0 bridgehead atoms. The number of sulfone groups is 2. The van der Waals surface area contributed by atoms with Crippen LogP contribution in [0.15, 0.2) is 64.7 Å². The number of carboxylic acid groups (broad SMARTS) is 1. The van der Waals surface area contributed by atoms with Gasteiger partial charge in [-0.05, 0) is 41.3 Å². The minimum atomic E-state index is -3.82. The van der Waals surface area contributed by atoms with E-state index in [9.17, 15) is 21.6 Å². The molecule has 2 aromatic carbocycles. The monoisotopic (exact) mass is 531 g/mol. The Bertz CT molecular complexity index is 1560. The third-order valence-electron chi connectivity index (χ3n) is 5.13. The molecule has 0 radical (unpaired) electrons. The van der Waals surface area contributed by atoms with Crippen LogP contribution in [0.5, 0.6) is 5.75 Å². The summed E-state index contributed by atoms with van der Waals surface area (Å²) < 4.78 is 54.5. The Hall–Kier alpha value is -3.77. The van der Waals surface area contributed by atoms with Crippen molar-refractivity contribution in [3.8, 4) is 16.9 Å². The van der Waals surface area contributed by atoms with Gasteiger partial charge in [-0.15, -0.1) is 0 Å². The SMILES string of the molecule is CC/C(=C\C(=O)O)c1cccc(-c2cnc(Nc3cc(OC)cc(S(C)(=O)=O)c3)nc2S(C)(=O)=O)c1. The highest BCUT2D eigenvalue weighted by Gasteiger charge is 2.20. The van der Waals surface area contributed by atoms with Gasteiger partial charge in [0.2, 0.25) is 5.95 Å². The lowest BCUT2D eigenvalue weighted by Gasteiger charge is -2.13. The number of hydrogen-bond donors (Lipinski definition) is 2. The zero-order valence-electron chi connectivity index (χ0n) is 20.0. The van der Waals surface area contributed by atoms with E-state index in [1.807, 2.05) is 6.92 Å². The largest absolute Gasteiger partial charge is 0.497 e. The van der Waals surface area contributed by atoms with E-state index in [0.717, 1.165) is 18.6 Å². The van der Waals surface area contributed by atoms with Crippen LogP contribution < -0.4 is 10.1 Å². The van der Waals surface area contributed by atoms with Gasteiger partial charge in [0.15, 0.2) is 24.7 Å². The summed E-state index contributed by atoms with van der Waals surface area (Å²) in [5.74, 6) is -0.870. The third kappa shape index (κ3) is 6.46. The number of methoxy groups -OCH3 is 1. The normalized spacial score (nSPS) is 12.3. The average Bonchev–Trinajstić information content (AvgIpc) is 2.81. The molecule has 2 N–H and O–H groups in total. The van der Waals surface area contributed by atoms with Crippen molar-refractivity contribution in [1.82, 2.24) is 9.97 Å². The van der Waals surface area contributed by atoms with Crippen molar-refractivity contribution in [3.05, 3.63) is 60.3 Å². The van der Waals surface area contributed by atoms with E-state index < -0.39 is 25.6 Å². The number of carboxylic acids is 1. The van der Waals surface area contributed by atoms with Gasteiger partial charge in [0.05, 0.1) is 12.0 Å². The van der Waals surface area contributed by atoms with Crippen molar-refractivity contribution < 1.29 is 31.5 Å². The minimum Gasteiger partial charge on any atom is -0.497 e. The number of rotatable bonds is 9. The van der Waals surface area contributed by atoms with Gasteiger partial charge in [-0.3, -0.25) is 0 Å². The van der Waals surface area contributed by atoms with Crippen LogP contribution in [0.25, 0.3) is 16.7 Å². The van der Waals surface area contributed by atoms with Gasteiger partial charge >= 0.3 is 5.97 Å². The van der Waals surface area contributed by atoms with Crippen LogP contribution in [0.2, 0.25) is 0 Å². The lowest BCUT2D eigenvalue weighted by atomic mass is 9.98. The number of carbonyl (C=O) groups is 1. The zero-order valence-corrected chi connectivity index (χ0v) is 21.6. The standard InChI is InChI=1S/C24H25N3O7S2/c1-5-15(10-22(28)29)16-7-6-8-17(9-16)21-14-25-24(27-23(21)36(4,32)33)26-18-11-19(34-2)13-20(12-18)35(3,30)31/h6-14H,5H2,1-4H3,(H,28,29)(H,25,26,27)/b15-10+. The highest BCUT2D eigenvalue weighted by Crippen LogP contribution is 2.31. The Morgan fingerprint density at radius 3 is 2.39 bits per heavy atom. The van der Waals surface area contributed by atoms with Gasteiger partial charge in [-0.25, -0.2) is 31.6 Å². The van der Waals surface area contributed by atoms with Crippen LogP contribution in [0, 0.1) is 0 Å². The maximum Gasteiger partial charge on any atom is 0.328 e. The second-order valence-corrected chi connectivity index (χ2v) is 11.9. The van der Waals surface area contributed by atoms with E-state index in [2.05, 4.69) is 15.3 Å². The number of ether oxygens (including phenoxy) is 1. The Morgan fingerprint density at radius 1 is 1.08 bits per heavy atom. The molecule has 0 unspecified atom stereocenters. The first-order valence-electron chi connectivity index (χ1n) is 10.6. The number of aliphatic carboxylic acids is 1. The number of hydrogen-bond acceptors (Lipinski definition) is 9. The highest BCUT2D eigenvalue weighted by atomic mass is 32.2. The molecule has 0 spiro atoms. The molecular weight excluding hydrogens is 506 g/mol. The maximum atomic E-state index is 12.6. The van der Waals surface area contributed by atoms with E-state index in [-0.39, 0.29) is 32.9 Å². The molecule has 0 amide bonds. The molecule has 0 aliphatic rings. The van der Waals surface area contributed by atoms with Crippen molar-refractivity contribution in [2.45, 2.75) is 23.3 Å². The van der Waals surface area contributed by atoms with Crippen molar-refractivity contribution in [2.75, 3.05) is 24.9 Å². The van der Waals surface area contributed by atoms with E-state index in [1.54, 1.807) is 24.3 Å². The van der Waals surface area contributed by atoms with Gasteiger partial charge < -0.3 is 15.2 Å². The van der Waals surface area contributed by atoms with Crippen LogP contribution in [-0.4, -0.2) is 57.5 Å². The second kappa shape index (κ2) is 10.5. The summed E-state index contributed by atoms with van der Waals surface area (Å²) in [6.07, 6.45) is 4.99. The number of nitrogens with zero attached hydrogens (tertiary/aromatic N) is 2. The number of nitrogens with one attached hydrogen (secondary N) is 1. The molecule has 0 fully saturated rings. The number of aromatic nitrogens is 2. The van der Waals surface area contributed by atoms with Gasteiger partial charge in [-0.2, -0.15) is 0 Å². The minimum absolute atomic E-state index is 0.00210. The Balaban J connectivity index is 2.10. The summed E-state index contributed by atoms with van der Waals surface area (Å²) in [6, 6.07) is 11.0. The first-order chi connectivity index (χ1) is 16.8. The van der Waals surface area contributed by atoms with Crippen molar-refractivity contribution in [3.63, 3.8) is 0 Å². The maximum absolute atomic E-state index is 12.6. The molecule has 190 valence electrons. The van der Waals surface area contributed by atoms with Gasteiger partial charge in [0.25, 0.3) is 0 Å². The molecule has 0 saturated carbocycles. The van der Waals surface area contributed by atoms with Crippen molar-refractivity contribution in [2.24, 2.45) is 0 Å². The van der Waals surface area contributed by atoms with Crippen LogP contribution in [-0.2, 0) is 24.5 Å². The van der Waals surface area contributed by atoms with Crippen molar-refractivity contribution in [1.29, 1.82) is 0 Å². The highest BCUT2D eigenvalue weighted by molar-refractivity contribution is 7.91. The van der Waals surface area contributed by atoms with E-state index in [0.29, 0.717) is 23.1 Å². The van der Waals surface area contributed by atoms with Crippen LogP contribution >= 0.6 is 0 Å². The third-order valence-corrected chi connectivity index (χ3v) is 7.23. The van der Waals surface area contributed by atoms with Crippen LogP contribution in [0.1, 0.15) is 18.9 Å². The molecule has 3 aromatic rings. The molecule has 1 aromatic heterocycles. The summed E-state index contributed by atoms with van der Waals surface area (Å²) in [6.45, 7) is 1.82. The fourth-order valence-corrected chi connectivity index (χ4v) is 4.93. The molecule has 10 nitrogen and oxygen atoms in total. The Morgan fingerprint density at radius 2 is 1.81 bits per heavy atom. The summed E-state index contributed by atoms with van der Waals surface area (Å²) in [4.78, 5) is 19.6. The first-order valence-corrected chi connectivity index (χ1v) is 14.4. The molecule has 1 heterocycles. The molecule has 36 heavy (non-hydrogen) atoms.